The van der Waals surface area contributed by atoms with Crippen molar-refractivity contribution in [3.63, 3.8) is 0 Å². The molecule has 1 aromatic heterocycles. The minimum atomic E-state index is 0.135. The molecule has 1 aromatic carbocycles. The SMILES string of the molecule is Cc1[nH]nc2ccc(CC(=O)N[C@@H]3C4CCN(CC4)[C@@H]3C)cc12. The van der Waals surface area contributed by atoms with E-state index in [0.29, 0.717) is 24.4 Å². The van der Waals surface area contributed by atoms with Crippen LogP contribution in [-0.4, -0.2) is 46.2 Å². The van der Waals surface area contributed by atoms with E-state index in [1.807, 2.05) is 19.1 Å². The third-order valence-corrected chi connectivity index (χ3v) is 5.68. The van der Waals surface area contributed by atoms with E-state index in [-0.39, 0.29) is 5.91 Å². The molecular formula is C18H24N4O. The van der Waals surface area contributed by atoms with E-state index < -0.39 is 0 Å². The van der Waals surface area contributed by atoms with Gasteiger partial charge in [-0.2, -0.15) is 5.10 Å². The van der Waals surface area contributed by atoms with Gasteiger partial charge in [-0.25, -0.2) is 0 Å². The number of H-pyrrole nitrogens is 1. The van der Waals surface area contributed by atoms with Gasteiger partial charge in [0.05, 0.1) is 11.9 Å². The highest BCUT2D eigenvalue weighted by Crippen LogP contribution is 2.32. The zero-order valence-corrected chi connectivity index (χ0v) is 13.8. The number of hydrogen-bond donors (Lipinski definition) is 2. The van der Waals surface area contributed by atoms with E-state index in [9.17, 15) is 4.79 Å². The third-order valence-electron chi connectivity index (χ3n) is 5.68. The Morgan fingerprint density at radius 2 is 2.17 bits per heavy atom. The van der Waals surface area contributed by atoms with Crippen LogP contribution in [0, 0.1) is 12.8 Å². The summed E-state index contributed by atoms with van der Waals surface area (Å²) in [7, 11) is 0. The fourth-order valence-corrected chi connectivity index (χ4v) is 4.26. The van der Waals surface area contributed by atoms with Gasteiger partial charge in [-0.1, -0.05) is 6.07 Å². The lowest BCUT2D eigenvalue weighted by Crippen LogP contribution is -2.62. The van der Waals surface area contributed by atoms with Crippen LogP contribution in [0.5, 0.6) is 0 Å². The molecule has 3 aliphatic heterocycles. The Hall–Kier alpha value is -1.88. The normalized spacial score (nSPS) is 29.8. The fraction of sp³-hybridized carbons (Fsp3) is 0.556. The van der Waals surface area contributed by atoms with Gasteiger partial charge in [-0.05, 0) is 63.4 Å². The molecule has 0 aliphatic carbocycles. The zero-order valence-electron chi connectivity index (χ0n) is 13.8. The Balaban J connectivity index is 1.45. The largest absolute Gasteiger partial charge is 0.351 e. The summed E-state index contributed by atoms with van der Waals surface area (Å²) in [4.78, 5) is 15.0. The lowest BCUT2D eigenvalue weighted by molar-refractivity contribution is -0.123. The van der Waals surface area contributed by atoms with Crippen molar-refractivity contribution in [2.75, 3.05) is 13.1 Å². The number of aryl methyl sites for hydroxylation is 1. The van der Waals surface area contributed by atoms with E-state index in [4.69, 9.17) is 0 Å². The summed E-state index contributed by atoms with van der Waals surface area (Å²) in [5.74, 6) is 0.786. The average Bonchev–Trinajstić information content (AvgIpc) is 2.92. The van der Waals surface area contributed by atoms with Crippen LogP contribution in [0.15, 0.2) is 18.2 Å². The number of rotatable bonds is 3. The van der Waals surface area contributed by atoms with Gasteiger partial charge >= 0.3 is 0 Å². The summed E-state index contributed by atoms with van der Waals surface area (Å²) in [5.41, 5.74) is 3.05. The first-order valence-electron chi connectivity index (χ1n) is 8.59. The smallest absolute Gasteiger partial charge is 0.224 e. The summed E-state index contributed by atoms with van der Waals surface area (Å²) in [6.07, 6.45) is 2.88. The summed E-state index contributed by atoms with van der Waals surface area (Å²) < 4.78 is 0. The maximum Gasteiger partial charge on any atom is 0.224 e. The minimum Gasteiger partial charge on any atom is -0.351 e. The van der Waals surface area contributed by atoms with Crippen molar-refractivity contribution in [2.24, 2.45) is 5.92 Å². The predicted octanol–water partition coefficient (Wildman–Crippen LogP) is 2.01. The topological polar surface area (TPSA) is 61.0 Å². The number of hydrogen-bond acceptors (Lipinski definition) is 3. The number of carbonyl (C=O) groups excluding carboxylic acids is 1. The predicted molar refractivity (Wildman–Crippen MR) is 90.2 cm³/mol. The van der Waals surface area contributed by atoms with Crippen LogP contribution in [0.3, 0.4) is 0 Å². The molecule has 3 saturated heterocycles. The lowest BCUT2D eigenvalue weighted by Gasteiger charge is -2.50. The van der Waals surface area contributed by atoms with Crippen molar-refractivity contribution < 1.29 is 4.79 Å². The van der Waals surface area contributed by atoms with Crippen molar-refractivity contribution in [2.45, 2.75) is 45.2 Å². The highest BCUT2D eigenvalue weighted by atomic mass is 16.1. The molecule has 5 heteroatoms. The van der Waals surface area contributed by atoms with Crippen molar-refractivity contribution in [1.29, 1.82) is 0 Å². The highest BCUT2D eigenvalue weighted by molar-refractivity contribution is 5.84. The van der Waals surface area contributed by atoms with Gasteiger partial charge in [0, 0.05) is 23.2 Å². The molecule has 0 unspecified atom stereocenters. The second-order valence-electron chi connectivity index (χ2n) is 7.08. The summed E-state index contributed by atoms with van der Waals surface area (Å²) >= 11 is 0. The number of aromatic nitrogens is 2. The Morgan fingerprint density at radius 3 is 2.91 bits per heavy atom. The number of carbonyl (C=O) groups is 1. The Morgan fingerprint density at radius 1 is 1.39 bits per heavy atom. The number of nitrogens with one attached hydrogen (secondary N) is 2. The van der Waals surface area contributed by atoms with Crippen LogP contribution in [-0.2, 0) is 11.2 Å². The summed E-state index contributed by atoms with van der Waals surface area (Å²) in [6, 6.07) is 6.84. The zero-order chi connectivity index (χ0) is 16.0. The number of aromatic amines is 1. The molecule has 4 heterocycles. The second-order valence-corrected chi connectivity index (χ2v) is 7.08. The average molecular weight is 312 g/mol. The third kappa shape index (κ3) is 2.63. The van der Waals surface area contributed by atoms with E-state index in [1.54, 1.807) is 0 Å². The fourth-order valence-electron chi connectivity index (χ4n) is 4.26. The summed E-state index contributed by atoms with van der Waals surface area (Å²) in [6.45, 7) is 6.63. The van der Waals surface area contributed by atoms with Crippen molar-refractivity contribution in [1.82, 2.24) is 20.4 Å². The quantitative estimate of drug-likeness (QED) is 0.911. The van der Waals surface area contributed by atoms with Crippen LogP contribution in [0.1, 0.15) is 31.0 Å². The highest BCUT2D eigenvalue weighted by Gasteiger charge is 2.40. The van der Waals surface area contributed by atoms with Crippen molar-refractivity contribution >= 4 is 16.8 Å². The van der Waals surface area contributed by atoms with Gasteiger partial charge in [0.15, 0.2) is 0 Å². The van der Waals surface area contributed by atoms with Gasteiger partial charge in [-0.3, -0.25) is 14.8 Å². The number of benzene rings is 1. The number of amides is 1. The Kier molecular flexibility index (Phi) is 3.60. The first kappa shape index (κ1) is 14.7. The van der Waals surface area contributed by atoms with E-state index in [0.717, 1.165) is 22.2 Å². The van der Waals surface area contributed by atoms with Gasteiger partial charge in [0.25, 0.3) is 0 Å². The molecule has 5 rings (SSSR count). The Labute approximate surface area is 136 Å². The number of fused-ring (bicyclic) bond motifs is 4. The molecule has 1 amide bonds. The van der Waals surface area contributed by atoms with Crippen LogP contribution in [0.4, 0.5) is 0 Å². The molecule has 3 aliphatic rings. The molecule has 0 spiro atoms. The maximum absolute atomic E-state index is 12.5. The molecule has 2 N–H and O–H groups in total. The molecule has 0 radical (unpaired) electrons. The van der Waals surface area contributed by atoms with Gasteiger partial charge in [-0.15, -0.1) is 0 Å². The van der Waals surface area contributed by atoms with Crippen LogP contribution < -0.4 is 5.32 Å². The molecule has 3 fully saturated rings. The van der Waals surface area contributed by atoms with E-state index in [2.05, 4.69) is 33.4 Å². The number of nitrogens with zero attached hydrogens (tertiary/aromatic N) is 2. The van der Waals surface area contributed by atoms with Crippen molar-refractivity contribution in [3.05, 3.63) is 29.5 Å². The van der Waals surface area contributed by atoms with Gasteiger partial charge in [0.1, 0.15) is 0 Å². The molecule has 2 atom stereocenters. The minimum absolute atomic E-state index is 0.135. The van der Waals surface area contributed by atoms with Crippen LogP contribution in [0.25, 0.3) is 10.9 Å². The second kappa shape index (κ2) is 5.64. The maximum atomic E-state index is 12.5. The molecule has 2 bridgehead atoms. The monoisotopic (exact) mass is 312 g/mol. The molecular weight excluding hydrogens is 288 g/mol. The first-order chi connectivity index (χ1) is 11.1. The van der Waals surface area contributed by atoms with Crippen LogP contribution >= 0.6 is 0 Å². The standard InChI is InChI=1S/C18H24N4O/c1-11-15-9-13(3-4-16(15)21-20-11)10-17(23)19-18-12(2)22-7-5-14(18)6-8-22/h3-4,9,12,14,18H,5-8,10H2,1-2H3,(H,19,23)(H,20,21)/t12-,18+/m1/s1. The number of piperidine rings is 3. The van der Waals surface area contributed by atoms with E-state index in [1.165, 1.54) is 25.9 Å². The van der Waals surface area contributed by atoms with E-state index >= 15 is 0 Å². The van der Waals surface area contributed by atoms with Gasteiger partial charge < -0.3 is 5.32 Å². The molecule has 122 valence electrons. The van der Waals surface area contributed by atoms with Crippen LogP contribution in [0.2, 0.25) is 0 Å². The first-order valence-corrected chi connectivity index (χ1v) is 8.59. The molecule has 2 aromatic rings. The Bertz CT molecular complexity index is 728. The van der Waals surface area contributed by atoms with Crippen molar-refractivity contribution in [3.8, 4) is 0 Å². The molecule has 0 saturated carbocycles. The molecule has 23 heavy (non-hydrogen) atoms. The van der Waals surface area contributed by atoms with Gasteiger partial charge in [0.2, 0.25) is 5.91 Å². The lowest BCUT2D eigenvalue weighted by atomic mass is 9.79. The summed E-state index contributed by atoms with van der Waals surface area (Å²) in [5, 5.41) is 11.6. The molecule has 5 nitrogen and oxygen atoms in total.